The number of carbonyl (C=O) groups excluding carboxylic acids is 1. The maximum absolute atomic E-state index is 12.9. The number of fused-ring (bicyclic) bond motifs is 3. The molecule has 8 heteroatoms. The van der Waals surface area contributed by atoms with Crippen molar-refractivity contribution in [3.63, 3.8) is 0 Å². The Hall–Kier alpha value is -2.97. The molecular weight excluding hydrogens is 486 g/mol. The third-order valence-corrected chi connectivity index (χ3v) is 6.75. The molecule has 0 N–H and O–H groups in total. The van der Waals surface area contributed by atoms with Crippen molar-refractivity contribution in [2.75, 3.05) is 27.4 Å². The molecule has 7 nitrogen and oxygen atoms in total. The van der Waals surface area contributed by atoms with E-state index in [1.54, 1.807) is 13.3 Å². The number of carbonyl (C=O) groups is 1. The van der Waals surface area contributed by atoms with Crippen molar-refractivity contribution in [1.82, 2.24) is 14.5 Å². The number of pyridine rings is 2. The summed E-state index contributed by atoms with van der Waals surface area (Å²) in [5.41, 5.74) is 3.90. The topological polar surface area (TPSA) is 75.5 Å². The van der Waals surface area contributed by atoms with E-state index < -0.39 is 5.97 Å². The quantitative estimate of drug-likeness (QED) is 0.346. The van der Waals surface area contributed by atoms with E-state index in [9.17, 15) is 4.79 Å². The molecule has 1 atom stereocenters. The van der Waals surface area contributed by atoms with Crippen molar-refractivity contribution in [1.29, 1.82) is 0 Å². The van der Waals surface area contributed by atoms with Gasteiger partial charge in [0.1, 0.15) is 11.1 Å². The lowest BCUT2D eigenvalue weighted by molar-refractivity contribution is 0.0549. The number of ether oxygens (including phenoxy) is 3. The van der Waals surface area contributed by atoms with E-state index in [0.717, 1.165) is 39.4 Å². The summed E-state index contributed by atoms with van der Waals surface area (Å²) in [4.78, 5) is 22.0. The van der Waals surface area contributed by atoms with Gasteiger partial charge in [-0.1, -0.05) is 30.3 Å². The number of esters is 1. The first kappa shape index (κ1) is 21.9. The van der Waals surface area contributed by atoms with Crippen molar-refractivity contribution in [3.8, 4) is 5.88 Å². The molecule has 0 aliphatic carbocycles. The van der Waals surface area contributed by atoms with Crippen LogP contribution in [-0.4, -0.2) is 47.9 Å². The van der Waals surface area contributed by atoms with E-state index in [0.29, 0.717) is 36.0 Å². The van der Waals surface area contributed by atoms with Gasteiger partial charge in [-0.3, -0.25) is 4.98 Å². The number of hydrogen-bond acceptors (Lipinski definition) is 6. The Morgan fingerprint density at radius 3 is 2.61 bits per heavy atom. The van der Waals surface area contributed by atoms with Gasteiger partial charge in [0.2, 0.25) is 5.88 Å². The van der Waals surface area contributed by atoms with Gasteiger partial charge in [0.25, 0.3) is 0 Å². The Morgan fingerprint density at radius 1 is 1.15 bits per heavy atom. The molecule has 1 aliphatic rings. The predicted molar refractivity (Wildman–Crippen MR) is 129 cm³/mol. The van der Waals surface area contributed by atoms with Crippen LogP contribution < -0.4 is 4.74 Å². The lowest BCUT2D eigenvalue weighted by atomic mass is 9.86. The predicted octanol–water partition coefficient (Wildman–Crippen LogP) is 5.16. The average Bonchev–Trinajstić information content (AvgIpc) is 3.19. The molecule has 33 heavy (non-hydrogen) atoms. The van der Waals surface area contributed by atoms with Gasteiger partial charge in [0.05, 0.1) is 36.7 Å². The molecule has 1 aromatic carbocycles. The van der Waals surface area contributed by atoms with E-state index in [4.69, 9.17) is 19.2 Å². The summed E-state index contributed by atoms with van der Waals surface area (Å²) >= 11 is 3.59. The smallest absolute Gasteiger partial charge is 0.341 e. The number of hydrogen-bond donors (Lipinski definition) is 0. The molecule has 0 spiro atoms. The molecule has 0 saturated carbocycles. The molecule has 170 valence electrons. The lowest BCUT2D eigenvalue weighted by Crippen LogP contribution is -2.27. The Balaban J connectivity index is 1.93. The second-order valence-corrected chi connectivity index (χ2v) is 9.01. The SMILES string of the molecule is COC(=O)c1cnc(OC)c2c3ncc(Br)cc3n(C(c3ccccc3)C3CCOCC3)c12. The number of nitrogens with zero attached hydrogens (tertiary/aromatic N) is 3. The van der Waals surface area contributed by atoms with Crippen LogP contribution in [0, 0.1) is 5.92 Å². The number of aromatic nitrogens is 3. The molecule has 0 bridgehead atoms. The first-order valence-electron chi connectivity index (χ1n) is 10.9. The highest BCUT2D eigenvalue weighted by atomic mass is 79.9. The summed E-state index contributed by atoms with van der Waals surface area (Å²) < 4.78 is 19.5. The minimum atomic E-state index is -0.447. The summed E-state index contributed by atoms with van der Waals surface area (Å²) in [7, 11) is 2.96. The van der Waals surface area contributed by atoms with Gasteiger partial charge in [0, 0.05) is 30.1 Å². The van der Waals surface area contributed by atoms with Crippen LogP contribution >= 0.6 is 15.9 Å². The monoisotopic (exact) mass is 509 g/mol. The van der Waals surface area contributed by atoms with Gasteiger partial charge in [0.15, 0.2) is 0 Å². The van der Waals surface area contributed by atoms with Crippen LogP contribution in [0.15, 0.2) is 53.3 Å². The van der Waals surface area contributed by atoms with Crippen LogP contribution in [0.2, 0.25) is 0 Å². The molecule has 5 rings (SSSR count). The Bertz CT molecular complexity index is 1320. The Kier molecular flexibility index (Phi) is 6.03. The molecule has 4 aromatic rings. The Labute approximate surface area is 199 Å². The second kappa shape index (κ2) is 9.11. The summed E-state index contributed by atoms with van der Waals surface area (Å²) in [6.45, 7) is 1.42. The van der Waals surface area contributed by atoms with Crippen LogP contribution in [0.3, 0.4) is 0 Å². The Morgan fingerprint density at radius 2 is 1.91 bits per heavy atom. The zero-order valence-corrected chi connectivity index (χ0v) is 20.0. The molecule has 1 fully saturated rings. The van der Waals surface area contributed by atoms with Crippen molar-refractivity contribution < 1.29 is 19.0 Å². The van der Waals surface area contributed by atoms with E-state index in [1.807, 2.05) is 24.3 Å². The normalized spacial score (nSPS) is 15.6. The van der Waals surface area contributed by atoms with Crippen molar-refractivity contribution in [2.24, 2.45) is 5.92 Å². The first-order valence-corrected chi connectivity index (χ1v) is 11.7. The zero-order valence-electron chi connectivity index (χ0n) is 18.5. The fourth-order valence-corrected chi connectivity index (χ4v) is 5.21. The summed E-state index contributed by atoms with van der Waals surface area (Å²) in [5.74, 6) is 0.288. The van der Waals surface area contributed by atoms with Crippen molar-refractivity contribution >= 4 is 43.8 Å². The third-order valence-electron chi connectivity index (χ3n) is 6.32. The van der Waals surface area contributed by atoms with Gasteiger partial charge < -0.3 is 18.8 Å². The van der Waals surface area contributed by atoms with Crippen molar-refractivity contribution in [2.45, 2.75) is 18.9 Å². The highest BCUT2D eigenvalue weighted by Gasteiger charge is 2.33. The molecule has 1 saturated heterocycles. The third kappa shape index (κ3) is 3.77. The standard InChI is InChI=1S/C25H24BrN3O4/c1-31-24-20-21-19(12-17(26)13-27-21)29(23(20)18(14-28-24)25(30)32-2)22(15-6-4-3-5-7-15)16-8-10-33-11-9-16/h3-7,12-14,16,22H,8-11H2,1-2H3. The zero-order chi connectivity index (χ0) is 22.9. The fraction of sp³-hybridized carbons (Fsp3) is 0.320. The minimum Gasteiger partial charge on any atom is -0.480 e. The van der Waals surface area contributed by atoms with Crippen LogP contribution in [0.4, 0.5) is 0 Å². The van der Waals surface area contributed by atoms with E-state index in [2.05, 4.69) is 37.6 Å². The van der Waals surface area contributed by atoms with E-state index in [-0.39, 0.29) is 6.04 Å². The van der Waals surface area contributed by atoms with Gasteiger partial charge in [-0.2, -0.15) is 0 Å². The van der Waals surface area contributed by atoms with Gasteiger partial charge in [-0.15, -0.1) is 0 Å². The minimum absolute atomic E-state index is 0.0401. The van der Waals surface area contributed by atoms with Crippen LogP contribution in [0.5, 0.6) is 5.88 Å². The van der Waals surface area contributed by atoms with Gasteiger partial charge >= 0.3 is 5.97 Å². The van der Waals surface area contributed by atoms with Gasteiger partial charge in [-0.25, -0.2) is 9.78 Å². The maximum atomic E-state index is 12.9. The molecular formula is C25H24BrN3O4. The van der Waals surface area contributed by atoms with E-state index >= 15 is 0 Å². The number of methoxy groups -OCH3 is 2. The van der Waals surface area contributed by atoms with Crippen molar-refractivity contribution in [3.05, 3.63) is 64.4 Å². The number of rotatable bonds is 5. The van der Waals surface area contributed by atoms with Crippen LogP contribution in [0.1, 0.15) is 34.8 Å². The molecule has 4 heterocycles. The molecule has 0 amide bonds. The summed E-state index contributed by atoms with van der Waals surface area (Å²) in [6.07, 6.45) is 5.11. The fourth-order valence-electron chi connectivity index (χ4n) is 4.89. The number of benzene rings is 1. The molecule has 1 unspecified atom stereocenters. The largest absolute Gasteiger partial charge is 0.480 e. The van der Waals surface area contributed by atoms with E-state index in [1.165, 1.54) is 13.3 Å². The van der Waals surface area contributed by atoms with Crippen LogP contribution in [0.25, 0.3) is 21.9 Å². The lowest BCUT2D eigenvalue weighted by Gasteiger charge is -2.33. The molecule has 1 aliphatic heterocycles. The average molecular weight is 510 g/mol. The summed E-state index contributed by atoms with van der Waals surface area (Å²) in [5, 5.41) is 0.705. The highest BCUT2D eigenvalue weighted by Crippen LogP contribution is 2.43. The summed E-state index contributed by atoms with van der Waals surface area (Å²) in [6, 6.07) is 12.4. The molecule has 3 aromatic heterocycles. The van der Waals surface area contributed by atoms with Crippen LogP contribution in [-0.2, 0) is 9.47 Å². The highest BCUT2D eigenvalue weighted by molar-refractivity contribution is 9.10. The maximum Gasteiger partial charge on any atom is 0.341 e. The first-order chi connectivity index (χ1) is 16.1. The van der Waals surface area contributed by atoms with Gasteiger partial charge in [-0.05, 0) is 46.3 Å². The second-order valence-electron chi connectivity index (χ2n) is 8.09. The molecule has 0 radical (unpaired) electrons. The number of halogens is 1.